The maximum Gasteiger partial charge on any atom is 0.259 e. The van der Waals surface area contributed by atoms with Gasteiger partial charge in [0.25, 0.3) is 5.91 Å². The highest BCUT2D eigenvalue weighted by atomic mass is 32.2. The van der Waals surface area contributed by atoms with Gasteiger partial charge in [0.1, 0.15) is 5.75 Å². The predicted octanol–water partition coefficient (Wildman–Crippen LogP) is 0.611. The zero-order chi connectivity index (χ0) is 16.9. The smallest absolute Gasteiger partial charge is 0.259 e. The fourth-order valence-electron chi connectivity index (χ4n) is 2.08. The van der Waals surface area contributed by atoms with E-state index < -0.39 is 10.0 Å². The van der Waals surface area contributed by atoms with Crippen molar-refractivity contribution in [3.05, 3.63) is 24.3 Å². The first-order valence-corrected chi connectivity index (χ1v) is 8.91. The molecule has 0 bridgehead atoms. The van der Waals surface area contributed by atoms with Crippen molar-refractivity contribution in [1.82, 2.24) is 9.62 Å². The topological polar surface area (TPSA) is 84.9 Å². The normalized spacial score (nSPS) is 17.9. The van der Waals surface area contributed by atoms with Crippen molar-refractivity contribution < 1.29 is 22.7 Å². The Morgan fingerprint density at radius 3 is 2.61 bits per heavy atom. The van der Waals surface area contributed by atoms with Crippen molar-refractivity contribution in [2.24, 2.45) is 0 Å². The Bertz CT molecular complexity index is 622. The summed E-state index contributed by atoms with van der Waals surface area (Å²) >= 11 is 0. The summed E-state index contributed by atoms with van der Waals surface area (Å²) in [7, 11) is -0.290. The van der Waals surface area contributed by atoms with Crippen LogP contribution in [0.4, 0.5) is 0 Å². The summed E-state index contributed by atoms with van der Waals surface area (Å²) in [5.74, 6) is 0.276. The van der Waals surface area contributed by atoms with E-state index in [2.05, 4.69) is 4.72 Å². The summed E-state index contributed by atoms with van der Waals surface area (Å²) in [4.78, 5) is 13.0. The van der Waals surface area contributed by atoms with Crippen molar-refractivity contribution in [1.29, 1.82) is 0 Å². The van der Waals surface area contributed by atoms with E-state index in [-0.39, 0.29) is 30.1 Å². The highest BCUT2D eigenvalue weighted by molar-refractivity contribution is 7.89. The van der Waals surface area contributed by atoms with Gasteiger partial charge in [0.2, 0.25) is 10.0 Å². The van der Waals surface area contributed by atoms with Crippen molar-refractivity contribution >= 4 is 15.9 Å². The van der Waals surface area contributed by atoms with E-state index >= 15 is 0 Å². The number of nitrogens with zero attached hydrogens (tertiary/aromatic N) is 1. The SMILES string of the molecule is CN(C)C(=O)COc1ccc(S(=O)(=O)NC[C@@H]2CCCO2)cc1. The summed E-state index contributed by atoms with van der Waals surface area (Å²) < 4.78 is 37.6. The standard InChI is InChI=1S/C15H22N2O5S/c1-17(2)15(18)11-22-12-5-7-14(8-6-12)23(19,20)16-10-13-4-3-9-21-13/h5-8,13,16H,3-4,9-11H2,1-2H3/t13-/m0/s1. The molecule has 0 aliphatic carbocycles. The molecule has 0 unspecified atom stereocenters. The van der Waals surface area contributed by atoms with Crippen LogP contribution in [0.15, 0.2) is 29.2 Å². The van der Waals surface area contributed by atoms with Crippen LogP contribution in [0, 0.1) is 0 Å². The van der Waals surface area contributed by atoms with Gasteiger partial charge in [-0.2, -0.15) is 0 Å². The average Bonchev–Trinajstić information content (AvgIpc) is 3.04. The number of carbonyl (C=O) groups is 1. The summed E-state index contributed by atoms with van der Waals surface area (Å²) in [6.07, 6.45) is 1.78. The highest BCUT2D eigenvalue weighted by Gasteiger charge is 2.20. The van der Waals surface area contributed by atoms with Gasteiger partial charge in [-0.15, -0.1) is 0 Å². The fraction of sp³-hybridized carbons (Fsp3) is 0.533. The number of nitrogens with one attached hydrogen (secondary N) is 1. The molecule has 1 aliphatic heterocycles. The number of rotatable bonds is 7. The number of hydrogen-bond donors (Lipinski definition) is 1. The monoisotopic (exact) mass is 342 g/mol. The zero-order valence-electron chi connectivity index (χ0n) is 13.3. The number of amides is 1. The summed E-state index contributed by atoms with van der Waals surface area (Å²) in [5, 5.41) is 0. The molecule has 1 fully saturated rings. The van der Waals surface area contributed by atoms with Gasteiger partial charge < -0.3 is 14.4 Å². The molecule has 1 atom stereocenters. The summed E-state index contributed by atoms with van der Waals surface area (Å²) in [6, 6.07) is 5.97. The molecule has 1 N–H and O–H groups in total. The van der Waals surface area contributed by atoms with Crippen LogP contribution in [0.3, 0.4) is 0 Å². The second-order valence-electron chi connectivity index (χ2n) is 5.54. The second-order valence-corrected chi connectivity index (χ2v) is 7.30. The molecule has 0 aromatic heterocycles. The molecule has 1 aromatic rings. The van der Waals surface area contributed by atoms with Gasteiger partial charge in [-0.25, -0.2) is 13.1 Å². The number of benzene rings is 1. The first kappa shape index (κ1) is 17.7. The Labute approximate surface area is 136 Å². The fourth-order valence-corrected chi connectivity index (χ4v) is 3.15. The largest absolute Gasteiger partial charge is 0.484 e. The van der Waals surface area contributed by atoms with Crippen molar-refractivity contribution in [3.63, 3.8) is 0 Å². The molecule has 23 heavy (non-hydrogen) atoms. The van der Waals surface area contributed by atoms with Gasteiger partial charge in [-0.3, -0.25) is 4.79 Å². The number of likely N-dealkylation sites (N-methyl/N-ethyl adjacent to an activating group) is 1. The van der Waals surface area contributed by atoms with Crippen LogP contribution in [0.5, 0.6) is 5.75 Å². The van der Waals surface area contributed by atoms with Crippen LogP contribution in [0.2, 0.25) is 0 Å². The first-order valence-electron chi connectivity index (χ1n) is 7.43. The number of carbonyl (C=O) groups excluding carboxylic acids is 1. The second kappa shape index (κ2) is 7.76. The number of sulfonamides is 1. The van der Waals surface area contributed by atoms with Crippen LogP contribution < -0.4 is 9.46 Å². The Kier molecular flexibility index (Phi) is 5.97. The lowest BCUT2D eigenvalue weighted by Crippen LogP contribution is -2.31. The molecule has 128 valence electrons. The quantitative estimate of drug-likeness (QED) is 0.785. The molecule has 1 aliphatic rings. The van der Waals surface area contributed by atoms with Gasteiger partial charge in [-0.05, 0) is 37.1 Å². The predicted molar refractivity (Wildman–Crippen MR) is 84.8 cm³/mol. The number of ether oxygens (including phenoxy) is 2. The lowest BCUT2D eigenvalue weighted by atomic mass is 10.2. The Balaban J connectivity index is 1.90. The van der Waals surface area contributed by atoms with E-state index in [9.17, 15) is 13.2 Å². The van der Waals surface area contributed by atoms with Crippen molar-refractivity contribution in [3.8, 4) is 5.75 Å². The molecular formula is C15H22N2O5S. The van der Waals surface area contributed by atoms with Crippen LogP contribution in [0.1, 0.15) is 12.8 Å². The zero-order valence-corrected chi connectivity index (χ0v) is 14.1. The Morgan fingerprint density at radius 2 is 2.04 bits per heavy atom. The third-order valence-corrected chi connectivity index (χ3v) is 4.96. The van der Waals surface area contributed by atoms with E-state index in [1.807, 2.05) is 0 Å². The third-order valence-electron chi connectivity index (χ3n) is 3.52. The summed E-state index contributed by atoms with van der Waals surface area (Å²) in [5.41, 5.74) is 0. The molecule has 8 heteroatoms. The lowest BCUT2D eigenvalue weighted by molar-refractivity contribution is -0.130. The van der Waals surface area contributed by atoms with E-state index in [1.54, 1.807) is 14.1 Å². The minimum atomic E-state index is -3.57. The average molecular weight is 342 g/mol. The summed E-state index contributed by atoms with van der Waals surface area (Å²) in [6.45, 7) is 0.873. The van der Waals surface area contributed by atoms with E-state index in [1.165, 1.54) is 29.2 Å². The Hall–Kier alpha value is -1.64. The molecule has 1 saturated heterocycles. The molecule has 7 nitrogen and oxygen atoms in total. The van der Waals surface area contributed by atoms with E-state index in [4.69, 9.17) is 9.47 Å². The van der Waals surface area contributed by atoms with Crippen LogP contribution in [0.25, 0.3) is 0 Å². The van der Waals surface area contributed by atoms with Gasteiger partial charge in [0, 0.05) is 27.2 Å². The molecule has 0 spiro atoms. The third kappa shape index (κ3) is 5.19. The van der Waals surface area contributed by atoms with Gasteiger partial charge in [0.05, 0.1) is 11.0 Å². The van der Waals surface area contributed by atoms with Crippen LogP contribution in [-0.4, -0.2) is 59.2 Å². The Morgan fingerprint density at radius 1 is 1.35 bits per heavy atom. The van der Waals surface area contributed by atoms with Gasteiger partial charge in [0.15, 0.2) is 6.61 Å². The van der Waals surface area contributed by atoms with Crippen molar-refractivity contribution in [2.75, 3.05) is 33.9 Å². The molecule has 1 heterocycles. The highest BCUT2D eigenvalue weighted by Crippen LogP contribution is 2.17. The van der Waals surface area contributed by atoms with Crippen molar-refractivity contribution in [2.45, 2.75) is 23.8 Å². The van der Waals surface area contributed by atoms with Crippen LogP contribution in [-0.2, 0) is 19.6 Å². The number of hydrogen-bond acceptors (Lipinski definition) is 5. The van der Waals surface area contributed by atoms with Gasteiger partial charge in [-0.1, -0.05) is 0 Å². The molecule has 0 radical (unpaired) electrons. The first-order chi connectivity index (χ1) is 10.9. The maximum atomic E-state index is 12.2. The minimum absolute atomic E-state index is 0.0515. The van der Waals surface area contributed by atoms with E-state index in [0.29, 0.717) is 12.4 Å². The molecule has 1 aromatic carbocycles. The van der Waals surface area contributed by atoms with Gasteiger partial charge >= 0.3 is 0 Å². The van der Waals surface area contributed by atoms with E-state index in [0.717, 1.165) is 12.8 Å². The molecule has 1 amide bonds. The molecule has 0 saturated carbocycles. The molecule has 2 rings (SSSR count). The molecular weight excluding hydrogens is 320 g/mol. The minimum Gasteiger partial charge on any atom is -0.484 e. The van der Waals surface area contributed by atoms with Crippen LogP contribution >= 0.6 is 0 Å². The lowest BCUT2D eigenvalue weighted by Gasteiger charge is -2.13. The maximum absolute atomic E-state index is 12.2.